The predicted molar refractivity (Wildman–Crippen MR) is 74.1 cm³/mol. The quantitative estimate of drug-likeness (QED) is 0.634. The van der Waals surface area contributed by atoms with E-state index < -0.39 is 23.7 Å². The molecular formula is C14H15ClF3NO2. The van der Waals surface area contributed by atoms with Crippen LogP contribution < -0.4 is 5.32 Å². The minimum atomic E-state index is -4.67. The van der Waals surface area contributed by atoms with Crippen molar-refractivity contribution in [3.63, 3.8) is 0 Å². The maximum atomic E-state index is 12.8. The molecule has 21 heavy (non-hydrogen) atoms. The average molecular weight is 322 g/mol. The fourth-order valence-corrected chi connectivity index (χ4v) is 1.90. The normalized spacial score (nSPS) is 14.1. The predicted octanol–water partition coefficient (Wildman–Crippen LogP) is 4.03. The summed E-state index contributed by atoms with van der Waals surface area (Å²) < 4.78 is 43.2. The van der Waals surface area contributed by atoms with Crippen molar-refractivity contribution >= 4 is 17.7 Å². The summed E-state index contributed by atoms with van der Waals surface area (Å²) in [7, 11) is 0. The van der Waals surface area contributed by atoms with Gasteiger partial charge >= 0.3 is 12.3 Å². The summed E-state index contributed by atoms with van der Waals surface area (Å²) in [5.74, 6) is 0. The Labute approximate surface area is 125 Å². The molecule has 1 aromatic rings. The van der Waals surface area contributed by atoms with Crippen molar-refractivity contribution in [3.05, 3.63) is 48.6 Å². The van der Waals surface area contributed by atoms with Gasteiger partial charge in [0.1, 0.15) is 12.6 Å². The molecular weight excluding hydrogens is 307 g/mol. The summed E-state index contributed by atoms with van der Waals surface area (Å²) >= 11 is 5.63. The molecule has 0 aliphatic carbocycles. The summed E-state index contributed by atoms with van der Waals surface area (Å²) in [6.07, 6.45) is -4.67. The highest BCUT2D eigenvalue weighted by atomic mass is 35.5. The number of carbonyl (C=O) groups excluding carboxylic acids is 1. The number of ether oxygens (including phenoxy) is 1. The van der Waals surface area contributed by atoms with Crippen LogP contribution in [0, 0.1) is 0 Å². The first-order chi connectivity index (χ1) is 9.84. The minimum absolute atomic E-state index is 0.0926. The number of alkyl halides is 4. The van der Waals surface area contributed by atoms with Crippen LogP contribution in [-0.2, 0) is 11.3 Å². The Balaban J connectivity index is 2.58. The molecule has 0 radical (unpaired) electrons. The van der Waals surface area contributed by atoms with Gasteiger partial charge in [0.05, 0.1) is 5.38 Å². The average Bonchev–Trinajstić information content (AvgIpc) is 2.42. The summed E-state index contributed by atoms with van der Waals surface area (Å²) in [4.78, 5) is 11.5. The molecule has 0 fully saturated rings. The number of benzene rings is 1. The van der Waals surface area contributed by atoms with E-state index >= 15 is 0 Å². The van der Waals surface area contributed by atoms with E-state index in [4.69, 9.17) is 16.3 Å². The molecule has 0 unspecified atom stereocenters. The van der Waals surface area contributed by atoms with Gasteiger partial charge < -0.3 is 10.1 Å². The van der Waals surface area contributed by atoms with E-state index in [9.17, 15) is 18.0 Å². The number of hydrogen-bond acceptors (Lipinski definition) is 2. The zero-order valence-electron chi connectivity index (χ0n) is 11.1. The Hall–Kier alpha value is -1.69. The van der Waals surface area contributed by atoms with Crippen LogP contribution in [0.5, 0.6) is 0 Å². The lowest BCUT2D eigenvalue weighted by Crippen LogP contribution is -2.51. The molecule has 1 rings (SSSR count). The lowest BCUT2D eigenvalue weighted by molar-refractivity contribution is -0.154. The summed E-state index contributed by atoms with van der Waals surface area (Å²) in [5.41, 5.74) is 0.671. The highest BCUT2D eigenvalue weighted by Gasteiger charge is 2.45. The van der Waals surface area contributed by atoms with E-state index in [1.54, 1.807) is 35.6 Å². The minimum Gasteiger partial charge on any atom is -0.445 e. The molecule has 7 heteroatoms. The smallest absolute Gasteiger partial charge is 0.410 e. The lowest BCUT2D eigenvalue weighted by atomic mass is 10.1. The standard InChI is InChI=1S/C14H15ClF3NO2/c1-2-6-11(15)12(14(16,17)18)19-13(20)21-9-10-7-4-3-5-8-10/h2-5,7-8,11-12H,1,6,9H2,(H,19,20)/t11-,12-/m0/s1. The second kappa shape index (κ2) is 7.93. The van der Waals surface area contributed by atoms with Gasteiger partial charge in [-0.2, -0.15) is 13.2 Å². The van der Waals surface area contributed by atoms with Crippen LogP contribution in [0.4, 0.5) is 18.0 Å². The molecule has 1 N–H and O–H groups in total. The molecule has 0 aliphatic rings. The van der Waals surface area contributed by atoms with Crippen LogP contribution in [0.15, 0.2) is 43.0 Å². The van der Waals surface area contributed by atoms with E-state index in [0.29, 0.717) is 5.56 Å². The van der Waals surface area contributed by atoms with Crippen LogP contribution in [0.25, 0.3) is 0 Å². The van der Waals surface area contributed by atoms with E-state index in [2.05, 4.69) is 6.58 Å². The number of amides is 1. The number of nitrogens with one attached hydrogen (secondary N) is 1. The third kappa shape index (κ3) is 6.08. The second-order valence-electron chi connectivity index (χ2n) is 4.27. The van der Waals surface area contributed by atoms with Gasteiger partial charge in [-0.05, 0) is 12.0 Å². The Bertz CT molecular complexity index is 465. The van der Waals surface area contributed by atoms with Crippen LogP contribution in [0.1, 0.15) is 12.0 Å². The Morgan fingerprint density at radius 2 is 2.00 bits per heavy atom. The van der Waals surface area contributed by atoms with Gasteiger partial charge in [0.2, 0.25) is 0 Å². The molecule has 0 heterocycles. The van der Waals surface area contributed by atoms with Gasteiger partial charge in [0, 0.05) is 0 Å². The molecule has 3 nitrogen and oxygen atoms in total. The van der Waals surface area contributed by atoms with Crippen molar-refractivity contribution in [1.29, 1.82) is 0 Å². The van der Waals surface area contributed by atoms with Gasteiger partial charge in [-0.1, -0.05) is 36.4 Å². The van der Waals surface area contributed by atoms with Gasteiger partial charge in [-0.15, -0.1) is 18.2 Å². The molecule has 116 valence electrons. The summed E-state index contributed by atoms with van der Waals surface area (Å²) in [6.45, 7) is 3.21. The van der Waals surface area contributed by atoms with Crippen molar-refractivity contribution in [2.24, 2.45) is 0 Å². The largest absolute Gasteiger partial charge is 0.445 e. The van der Waals surface area contributed by atoms with Crippen molar-refractivity contribution in [1.82, 2.24) is 5.32 Å². The number of halogens is 4. The molecule has 0 saturated carbocycles. The maximum Gasteiger partial charge on any atom is 0.410 e. The number of allylic oxidation sites excluding steroid dienone is 1. The third-order valence-corrected chi connectivity index (χ3v) is 3.02. The SMILES string of the molecule is C=CC[C@H](Cl)[C@H](NC(=O)OCc1ccccc1)C(F)(F)F. The highest BCUT2D eigenvalue weighted by molar-refractivity contribution is 6.21. The zero-order valence-corrected chi connectivity index (χ0v) is 11.8. The van der Waals surface area contributed by atoms with Crippen LogP contribution in [0.3, 0.4) is 0 Å². The maximum absolute atomic E-state index is 12.8. The van der Waals surface area contributed by atoms with Crippen LogP contribution in [0.2, 0.25) is 0 Å². The highest BCUT2D eigenvalue weighted by Crippen LogP contribution is 2.27. The van der Waals surface area contributed by atoms with Crippen molar-refractivity contribution in [3.8, 4) is 0 Å². The number of alkyl carbamates (subject to hydrolysis) is 1. The van der Waals surface area contributed by atoms with Gasteiger partial charge in [0.25, 0.3) is 0 Å². The third-order valence-electron chi connectivity index (χ3n) is 2.59. The molecule has 0 bridgehead atoms. The molecule has 0 aliphatic heterocycles. The fourth-order valence-electron chi connectivity index (χ4n) is 1.56. The number of rotatable bonds is 6. The van der Waals surface area contributed by atoms with Gasteiger partial charge in [-0.25, -0.2) is 4.79 Å². The van der Waals surface area contributed by atoms with Gasteiger partial charge in [0.15, 0.2) is 0 Å². The number of carbonyl (C=O) groups is 1. The van der Waals surface area contributed by atoms with Crippen molar-refractivity contribution in [2.45, 2.75) is 30.6 Å². The molecule has 1 aromatic carbocycles. The topological polar surface area (TPSA) is 38.3 Å². The molecule has 2 atom stereocenters. The van der Waals surface area contributed by atoms with E-state index in [1.807, 2.05) is 0 Å². The summed E-state index contributed by atoms with van der Waals surface area (Å²) in [6, 6.07) is 6.42. The molecule has 1 amide bonds. The molecule has 0 spiro atoms. The van der Waals surface area contributed by atoms with Crippen molar-refractivity contribution in [2.75, 3.05) is 0 Å². The molecule has 0 aromatic heterocycles. The Kier molecular flexibility index (Phi) is 6.55. The Morgan fingerprint density at radius 1 is 1.38 bits per heavy atom. The Morgan fingerprint density at radius 3 is 2.52 bits per heavy atom. The monoisotopic (exact) mass is 321 g/mol. The number of hydrogen-bond donors (Lipinski definition) is 1. The second-order valence-corrected chi connectivity index (χ2v) is 4.83. The van der Waals surface area contributed by atoms with Crippen molar-refractivity contribution < 1.29 is 22.7 Å². The van der Waals surface area contributed by atoms with E-state index in [-0.39, 0.29) is 13.0 Å². The first-order valence-electron chi connectivity index (χ1n) is 6.13. The van der Waals surface area contributed by atoms with Gasteiger partial charge in [-0.3, -0.25) is 0 Å². The lowest BCUT2D eigenvalue weighted by Gasteiger charge is -2.24. The van der Waals surface area contributed by atoms with E-state index in [1.165, 1.54) is 6.08 Å². The first kappa shape index (κ1) is 17.4. The summed E-state index contributed by atoms with van der Waals surface area (Å²) in [5, 5.41) is 0.405. The van der Waals surface area contributed by atoms with E-state index in [0.717, 1.165) is 0 Å². The zero-order chi connectivity index (χ0) is 15.9. The first-order valence-corrected chi connectivity index (χ1v) is 6.57. The fraction of sp³-hybridized carbons (Fsp3) is 0.357. The molecule has 0 saturated heterocycles. The van der Waals surface area contributed by atoms with Crippen LogP contribution >= 0.6 is 11.6 Å². The van der Waals surface area contributed by atoms with Crippen LogP contribution in [-0.4, -0.2) is 23.7 Å².